The molecule has 2 N–H and O–H groups in total. The normalized spacial score (nSPS) is 18.7. The van der Waals surface area contributed by atoms with Gasteiger partial charge in [-0.2, -0.15) is 0 Å². The van der Waals surface area contributed by atoms with Gasteiger partial charge in [0.05, 0.1) is 5.56 Å². The van der Waals surface area contributed by atoms with Gasteiger partial charge in [-0.15, -0.1) is 0 Å². The van der Waals surface area contributed by atoms with Crippen LogP contribution in [-0.2, 0) is 4.79 Å². The Morgan fingerprint density at radius 3 is 2.87 bits per heavy atom. The van der Waals surface area contributed by atoms with Gasteiger partial charge in [-0.1, -0.05) is 0 Å². The Bertz CT molecular complexity index is 480. The molecule has 15 heavy (non-hydrogen) atoms. The molecule has 0 spiro atoms. The SMILES string of the molecule is Cc1ccc2c(n1)N=CC(C(N)=O)C2=O. The standard InChI is InChI=1S/C10H9N3O2/c1-5-2-3-6-8(14)7(9(11)15)4-12-10(6)13-5/h2-4,7H,1H3,(H2,11,15). The summed E-state index contributed by atoms with van der Waals surface area (Å²) in [6.45, 7) is 1.81. The summed E-state index contributed by atoms with van der Waals surface area (Å²) in [4.78, 5) is 30.7. The van der Waals surface area contributed by atoms with Crippen LogP contribution in [0, 0.1) is 12.8 Å². The van der Waals surface area contributed by atoms with Crippen molar-refractivity contribution >= 4 is 23.7 Å². The van der Waals surface area contributed by atoms with Crippen molar-refractivity contribution in [3.63, 3.8) is 0 Å². The molecule has 5 heteroatoms. The summed E-state index contributed by atoms with van der Waals surface area (Å²) in [6.07, 6.45) is 1.25. The maximum atomic E-state index is 11.7. The quantitative estimate of drug-likeness (QED) is 0.670. The first-order valence-corrected chi connectivity index (χ1v) is 4.45. The maximum Gasteiger partial charge on any atom is 0.233 e. The lowest BCUT2D eigenvalue weighted by Gasteiger charge is -2.13. The van der Waals surface area contributed by atoms with Gasteiger partial charge in [-0.25, -0.2) is 9.98 Å². The predicted molar refractivity (Wildman–Crippen MR) is 54.1 cm³/mol. The molecule has 0 saturated heterocycles. The number of nitrogens with zero attached hydrogens (tertiary/aromatic N) is 2. The highest BCUT2D eigenvalue weighted by Gasteiger charge is 2.29. The fraction of sp³-hybridized carbons (Fsp3) is 0.200. The van der Waals surface area contributed by atoms with Crippen LogP contribution in [0.4, 0.5) is 5.82 Å². The number of hydrogen-bond acceptors (Lipinski definition) is 4. The van der Waals surface area contributed by atoms with Crippen LogP contribution < -0.4 is 5.73 Å². The summed E-state index contributed by atoms with van der Waals surface area (Å²) in [6, 6.07) is 3.32. The molecule has 5 nitrogen and oxygen atoms in total. The molecule has 1 aromatic heterocycles. The van der Waals surface area contributed by atoms with Gasteiger partial charge in [0.2, 0.25) is 5.91 Å². The van der Waals surface area contributed by atoms with Gasteiger partial charge < -0.3 is 5.73 Å². The predicted octanol–water partition coefficient (Wildman–Crippen LogP) is 0.390. The molecule has 1 unspecified atom stereocenters. The highest BCUT2D eigenvalue weighted by atomic mass is 16.2. The number of Topliss-reactive ketones (excluding diaryl/α,β-unsaturated/α-hetero) is 1. The molecule has 2 rings (SSSR count). The minimum Gasteiger partial charge on any atom is -0.369 e. The minimum atomic E-state index is -0.956. The monoisotopic (exact) mass is 203 g/mol. The van der Waals surface area contributed by atoms with Gasteiger partial charge in [0, 0.05) is 11.9 Å². The molecule has 2 heterocycles. The van der Waals surface area contributed by atoms with Crippen molar-refractivity contribution in [2.45, 2.75) is 6.92 Å². The van der Waals surface area contributed by atoms with Crippen molar-refractivity contribution in [1.82, 2.24) is 4.98 Å². The van der Waals surface area contributed by atoms with Crippen LogP contribution in [0.2, 0.25) is 0 Å². The van der Waals surface area contributed by atoms with Crippen LogP contribution >= 0.6 is 0 Å². The molecule has 0 bridgehead atoms. The smallest absolute Gasteiger partial charge is 0.233 e. The number of aryl methyl sites for hydroxylation is 1. The van der Waals surface area contributed by atoms with E-state index in [0.29, 0.717) is 11.4 Å². The number of aromatic nitrogens is 1. The second-order valence-electron chi connectivity index (χ2n) is 3.35. The molecule has 76 valence electrons. The largest absolute Gasteiger partial charge is 0.369 e. The van der Waals surface area contributed by atoms with Crippen LogP contribution in [0.3, 0.4) is 0 Å². The van der Waals surface area contributed by atoms with Crippen molar-refractivity contribution in [3.05, 3.63) is 23.4 Å². The second-order valence-corrected chi connectivity index (χ2v) is 3.35. The molecule has 0 radical (unpaired) electrons. The molecule has 1 aliphatic rings. The van der Waals surface area contributed by atoms with E-state index >= 15 is 0 Å². The van der Waals surface area contributed by atoms with Gasteiger partial charge in [0.25, 0.3) is 0 Å². The van der Waals surface area contributed by atoms with Crippen molar-refractivity contribution in [1.29, 1.82) is 0 Å². The summed E-state index contributed by atoms with van der Waals surface area (Å²) in [7, 11) is 0. The minimum absolute atomic E-state index is 0.333. The van der Waals surface area contributed by atoms with E-state index in [1.165, 1.54) is 6.21 Å². The average molecular weight is 203 g/mol. The van der Waals surface area contributed by atoms with Crippen LogP contribution in [0.1, 0.15) is 16.1 Å². The van der Waals surface area contributed by atoms with E-state index in [-0.39, 0.29) is 5.78 Å². The third kappa shape index (κ3) is 1.52. The van der Waals surface area contributed by atoms with Gasteiger partial charge in [0.1, 0.15) is 5.92 Å². The first-order valence-electron chi connectivity index (χ1n) is 4.45. The average Bonchev–Trinajstić information content (AvgIpc) is 2.17. The third-order valence-corrected chi connectivity index (χ3v) is 2.21. The Hall–Kier alpha value is -2.04. The van der Waals surface area contributed by atoms with Gasteiger partial charge in [0.15, 0.2) is 11.6 Å². The number of amides is 1. The zero-order valence-corrected chi connectivity index (χ0v) is 8.10. The summed E-state index contributed by atoms with van der Waals surface area (Å²) in [5, 5.41) is 0. The van der Waals surface area contributed by atoms with Crippen molar-refractivity contribution in [3.8, 4) is 0 Å². The molecular formula is C10H9N3O2. The molecule has 0 saturated carbocycles. The molecular weight excluding hydrogens is 194 g/mol. The van der Waals surface area contributed by atoms with Gasteiger partial charge in [-0.05, 0) is 19.1 Å². The lowest BCUT2D eigenvalue weighted by atomic mass is 9.96. The zero-order chi connectivity index (χ0) is 11.0. The molecule has 0 fully saturated rings. The Kier molecular flexibility index (Phi) is 2.07. The number of hydrogen-bond donors (Lipinski definition) is 1. The summed E-state index contributed by atoms with van der Waals surface area (Å²) in [5.74, 6) is -1.62. The Morgan fingerprint density at radius 1 is 1.47 bits per heavy atom. The first-order chi connectivity index (χ1) is 7.09. The number of ketones is 1. The molecule has 1 aromatic rings. The Balaban J connectivity index is 2.51. The van der Waals surface area contributed by atoms with Crippen LogP contribution in [0.15, 0.2) is 17.1 Å². The number of carbonyl (C=O) groups is 2. The summed E-state index contributed by atoms with van der Waals surface area (Å²) in [5.41, 5.74) is 6.20. The molecule has 0 aromatic carbocycles. The Morgan fingerprint density at radius 2 is 2.20 bits per heavy atom. The van der Waals surface area contributed by atoms with Crippen molar-refractivity contribution < 1.29 is 9.59 Å². The molecule has 1 amide bonds. The summed E-state index contributed by atoms with van der Waals surface area (Å²) >= 11 is 0. The Labute approximate surface area is 86.0 Å². The number of rotatable bonds is 1. The first kappa shape index (κ1) is 9.51. The molecule has 1 aliphatic heterocycles. The van der Waals surface area contributed by atoms with E-state index in [2.05, 4.69) is 9.98 Å². The summed E-state index contributed by atoms with van der Waals surface area (Å²) < 4.78 is 0. The lowest BCUT2D eigenvalue weighted by molar-refractivity contribution is -0.118. The topological polar surface area (TPSA) is 85.4 Å². The van der Waals surface area contributed by atoms with Crippen LogP contribution in [0.25, 0.3) is 0 Å². The molecule has 1 atom stereocenters. The van der Waals surface area contributed by atoms with Crippen molar-refractivity contribution in [2.24, 2.45) is 16.6 Å². The van der Waals surface area contributed by atoms with Crippen LogP contribution in [0.5, 0.6) is 0 Å². The molecule has 0 aliphatic carbocycles. The number of fused-ring (bicyclic) bond motifs is 1. The second kappa shape index (κ2) is 3.27. The highest BCUT2D eigenvalue weighted by Crippen LogP contribution is 2.24. The number of pyridine rings is 1. The maximum absolute atomic E-state index is 11.7. The van der Waals surface area contributed by atoms with E-state index in [4.69, 9.17) is 5.73 Å². The van der Waals surface area contributed by atoms with Crippen molar-refractivity contribution in [2.75, 3.05) is 0 Å². The number of carbonyl (C=O) groups excluding carboxylic acids is 2. The third-order valence-electron chi connectivity index (χ3n) is 2.21. The van der Waals surface area contributed by atoms with Crippen LogP contribution in [-0.4, -0.2) is 22.9 Å². The van der Waals surface area contributed by atoms with Gasteiger partial charge >= 0.3 is 0 Å². The van der Waals surface area contributed by atoms with E-state index < -0.39 is 11.8 Å². The van der Waals surface area contributed by atoms with Gasteiger partial charge in [-0.3, -0.25) is 9.59 Å². The van der Waals surface area contributed by atoms with E-state index in [9.17, 15) is 9.59 Å². The van der Waals surface area contributed by atoms with E-state index in [1.54, 1.807) is 19.1 Å². The fourth-order valence-electron chi connectivity index (χ4n) is 1.42. The number of aliphatic imine (C=N–C) groups is 1. The van der Waals surface area contributed by atoms with E-state index in [1.807, 2.05) is 0 Å². The lowest BCUT2D eigenvalue weighted by Crippen LogP contribution is -2.33. The fourth-order valence-corrected chi connectivity index (χ4v) is 1.42. The number of primary amides is 1. The number of nitrogens with two attached hydrogens (primary N) is 1. The zero-order valence-electron chi connectivity index (χ0n) is 8.10. The highest BCUT2D eigenvalue weighted by molar-refractivity contribution is 6.22. The van der Waals surface area contributed by atoms with E-state index in [0.717, 1.165) is 5.69 Å².